The first kappa shape index (κ1) is 15.4. The van der Waals surface area contributed by atoms with Crippen molar-refractivity contribution in [1.82, 2.24) is 4.90 Å². The zero-order valence-electron chi connectivity index (χ0n) is 12.3. The average molecular weight is 282 g/mol. The highest BCUT2D eigenvalue weighted by atomic mass is 19.1. The molecule has 0 saturated carbocycles. The van der Waals surface area contributed by atoms with E-state index in [1.165, 1.54) is 18.6 Å². The van der Waals surface area contributed by atoms with Crippen LogP contribution in [0.15, 0.2) is 18.2 Å². The highest BCUT2D eigenvalue weighted by Crippen LogP contribution is 2.24. The van der Waals surface area contributed by atoms with E-state index in [1.807, 2.05) is 0 Å². The molecule has 0 aromatic heterocycles. The molecule has 3 unspecified atom stereocenters. The first-order chi connectivity index (χ1) is 9.45. The van der Waals surface area contributed by atoms with Crippen molar-refractivity contribution in [2.24, 2.45) is 17.6 Å². The largest absolute Gasteiger partial charge is 0.324 e. The van der Waals surface area contributed by atoms with Crippen molar-refractivity contribution < 1.29 is 8.78 Å². The minimum atomic E-state index is -0.559. The van der Waals surface area contributed by atoms with Crippen molar-refractivity contribution in [2.75, 3.05) is 19.6 Å². The van der Waals surface area contributed by atoms with Crippen molar-refractivity contribution in [2.45, 2.75) is 32.7 Å². The van der Waals surface area contributed by atoms with E-state index in [1.54, 1.807) is 0 Å². The summed E-state index contributed by atoms with van der Waals surface area (Å²) in [5.74, 6) is 0.357. The van der Waals surface area contributed by atoms with Gasteiger partial charge >= 0.3 is 0 Å². The molecule has 1 aliphatic heterocycles. The van der Waals surface area contributed by atoms with Gasteiger partial charge in [-0.2, -0.15) is 0 Å². The Morgan fingerprint density at radius 3 is 2.45 bits per heavy atom. The zero-order valence-corrected chi connectivity index (χ0v) is 12.3. The van der Waals surface area contributed by atoms with Crippen LogP contribution in [-0.4, -0.2) is 24.5 Å². The summed E-state index contributed by atoms with van der Waals surface area (Å²) in [6, 6.07) is 3.22. The third kappa shape index (κ3) is 4.00. The van der Waals surface area contributed by atoms with Gasteiger partial charge in [-0.1, -0.05) is 13.8 Å². The lowest BCUT2D eigenvalue weighted by Gasteiger charge is -2.35. The number of nitrogens with two attached hydrogens (primary N) is 1. The van der Waals surface area contributed by atoms with Crippen LogP contribution in [0.5, 0.6) is 0 Å². The molecular formula is C16H24F2N2. The van der Waals surface area contributed by atoms with Gasteiger partial charge in [0.25, 0.3) is 0 Å². The Morgan fingerprint density at radius 2 is 1.85 bits per heavy atom. The lowest BCUT2D eigenvalue weighted by atomic mass is 9.88. The first-order valence-corrected chi connectivity index (χ1v) is 7.39. The molecule has 112 valence electrons. The van der Waals surface area contributed by atoms with Crippen LogP contribution in [0.25, 0.3) is 0 Å². The van der Waals surface area contributed by atoms with Crippen LogP contribution in [0.4, 0.5) is 8.78 Å². The van der Waals surface area contributed by atoms with E-state index in [0.29, 0.717) is 11.5 Å². The van der Waals surface area contributed by atoms with Gasteiger partial charge in [-0.05, 0) is 55.5 Å². The molecule has 20 heavy (non-hydrogen) atoms. The fourth-order valence-electron chi connectivity index (χ4n) is 2.83. The standard InChI is InChI=1S/C16H24F2N2/c1-11-3-5-20(10-12(11)2)6-4-16(19)13-7-14(17)9-15(18)8-13/h7-9,11-12,16H,3-6,10,19H2,1-2H3. The molecule has 1 aromatic carbocycles. The van der Waals surface area contributed by atoms with E-state index in [4.69, 9.17) is 5.73 Å². The number of hydrogen-bond acceptors (Lipinski definition) is 2. The summed E-state index contributed by atoms with van der Waals surface area (Å²) in [4.78, 5) is 2.40. The summed E-state index contributed by atoms with van der Waals surface area (Å²) in [6.07, 6.45) is 1.94. The maximum atomic E-state index is 13.2. The Bertz CT molecular complexity index is 430. The fourth-order valence-corrected chi connectivity index (χ4v) is 2.83. The molecule has 1 heterocycles. The molecule has 1 saturated heterocycles. The molecule has 2 N–H and O–H groups in total. The summed E-state index contributed by atoms with van der Waals surface area (Å²) in [7, 11) is 0. The summed E-state index contributed by atoms with van der Waals surface area (Å²) in [5.41, 5.74) is 6.59. The van der Waals surface area contributed by atoms with Crippen LogP contribution >= 0.6 is 0 Å². The molecule has 0 bridgehead atoms. The SMILES string of the molecule is CC1CCN(CCC(N)c2cc(F)cc(F)c2)CC1C. The number of rotatable bonds is 4. The summed E-state index contributed by atoms with van der Waals surface area (Å²) < 4.78 is 26.3. The molecule has 1 aliphatic rings. The molecule has 0 radical (unpaired) electrons. The highest BCUT2D eigenvalue weighted by molar-refractivity contribution is 5.21. The first-order valence-electron chi connectivity index (χ1n) is 7.39. The third-order valence-electron chi connectivity index (χ3n) is 4.49. The molecular weight excluding hydrogens is 258 g/mol. The summed E-state index contributed by atoms with van der Waals surface area (Å²) >= 11 is 0. The summed E-state index contributed by atoms with van der Waals surface area (Å²) in [5, 5.41) is 0. The van der Waals surface area contributed by atoms with Crippen molar-refractivity contribution >= 4 is 0 Å². The molecule has 1 fully saturated rings. The van der Waals surface area contributed by atoms with Gasteiger partial charge in [0.15, 0.2) is 0 Å². The zero-order chi connectivity index (χ0) is 14.7. The second kappa shape index (κ2) is 6.64. The van der Waals surface area contributed by atoms with Crippen LogP contribution < -0.4 is 5.73 Å². The Labute approximate surface area is 120 Å². The van der Waals surface area contributed by atoms with Gasteiger partial charge < -0.3 is 10.6 Å². The maximum Gasteiger partial charge on any atom is 0.126 e. The molecule has 3 atom stereocenters. The van der Waals surface area contributed by atoms with Crippen LogP contribution in [0.3, 0.4) is 0 Å². The maximum absolute atomic E-state index is 13.2. The number of benzene rings is 1. The van der Waals surface area contributed by atoms with E-state index in [-0.39, 0.29) is 6.04 Å². The average Bonchev–Trinajstić information content (AvgIpc) is 2.38. The van der Waals surface area contributed by atoms with Gasteiger partial charge in [0.05, 0.1) is 0 Å². The van der Waals surface area contributed by atoms with Crippen molar-refractivity contribution in [3.05, 3.63) is 35.4 Å². The third-order valence-corrected chi connectivity index (χ3v) is 4.49. The molecule has 4 heteroatoms. The quantitative estimate of drug-likeness (QED) is 0.918. The van der Waals surface area contributed by atoms with Crippen molar-refractivity contribution in [3.8, 4) is 0 Å². The van der Waals surface area contributed by atoms with E-state index in [9.17, 15) is 8.78 Å². The molecule has 2 nitrogen and oxygen atoms in total. The van der Waals surface area contributed by atoms with Gasteiger partial charge in [-0.25, -0.2) is 8.78 Å². The number of piperidine rings is 1. The topological polar surface area (TPSA) is 29.3 Å². The molecule has 0 spiro atoms. The second-order valence-electron chi connectivity index (χ2n) is 6.14. The minimum absolute atomic E-state index is 0.310. The minimum Gasteiger partial charge on any atom is -0.324 e. The lowest BCUT2D eigenvalue weighted by molar-refractivity contribution is 0.135. The van der Waals surface area contributed by atoms with E-state index in [2.05, 4.69) is 18.7 Å². The van der Waals surface area contributed by atoms with Crippen LogP contribution in [-0.2, 0) is 0 Å². The Hall–Kier alpha value is -1.00. The Balaban J connectivity index is 1.87. The van der Waals surface area contributed by atoms with Crippen LogP contribution in [0.1, 0.15) is 38.3 Å². The van der Waals surface area contributed by atoms with Crippen molar-refractivity contribution in [3.63, 3.8) is 0 Å². The number of halogens is 2. The number of likely N-dealkylation sites (tertiary alicyclic amines) is 1. The van der Waals surface area contributed by atoms with E-state index >= 15 is 0 Å². The second-order valence-corrected chi connectivity index (χ2v) is 6.14. The van der Waals surface area contributed by atoms with Gasteiger partial charge in [0.2, 0.25) is 0 Å². The highest BCUT2D eigenvalue weighted by Gasteiger charge is 2.22. The van der Waals surface area contributed by atoms with Crippen molar-refractivity contribution in [1.29, 1.82) is 0 Å². The summed E-state index contributed by atoms with van der Waals surface area (Å²) in [6.45, 7) is 7.64. The van der Waals surface area contributed by atoms with E-state index in [0.717, 1.165) is 38.0 Å². The Kier molecular flexibility index (Phi) is 5.11. The van der Waals surface area contributed by atoms with Crippen LogP contribution in [0, 0.1) is 23.5 Å². The van der Waals surface area contributed by atoms with Gasteiger partial charge in [-0.15, -0.1) is 0 Å². The van der Waals surface area contributed by atoms with Gasteiger partial charge in [0, 0.05) is 18.7 Å². The van der Waals surface area contributed by atoms with Crippen LogP contribution in [0.2, 0.25) is 0 Å². The normalized spacial score (nSPS) is 25.6. The predicted molar refractivity (Wildman–Crippen MR) is 77.3 cm³/mol. The smallest absolute Gasteiger partial charge is 0.126 e. The molecule has 0 amide bonds. The fraction of sp³-hybridized carbons (Fsp3) is 0.625. The predicted octanol–water partition coefficient (Wildman–Crippen LogP) is 3.33. The molecule has 1 aromatic rings. The van der Waals surface area contributed by atoms with Gasteiger partial charge in [0.1, 0.15) is 11.6 Å². The lowest BCUT2D eigenvalue weighted by Crippen LogP contribution is -2.39. The Morgan fingerprint density at radius 1 is 1.20 bits per heavy atom. The molecule has 0 aliphatic carbocycles. The number of hydrogen-bond donors (Lipinski definition) is 1. The van der Waals surface area contributed by atoms with E-state index < -0.39 is 11.6 Å². The monoisotopic (exact) mass is 282 g/mol. The number of nitrogens with zero attached hydrogens (tertiary/aromatic N) is 1. The van der Waals surface area contributed by atoms with Gasteiger partial charge in [-0.3, -0.25) is 0 Å². The molecule has 2 rings (SSSR count).